The second-order valence-corrected chi connectivity index (χ2v) is 5.41. The Balaban J connectivity index is 1.71. The Morgan fingerprint density at radius 3 is 2.82 bits per heavy atom. The third-order valence-electron chi connectivity index (χ3n) is 3.76. The standard InChI is InChI=1S/C12H22N2O2S/c1-15-12(6-7-16-9-12)8-13-11(17)14-10-4-2-3-5-10/h10H,2-9H2,1H3,(H2,13,14,17). The van der Waals surface area contributed by atoms with E-state index < -0.39 is 0 Å². The Bertz CT molecular complexity index is 261. The highest BCUT2D eigenvalue weighted by Crippen LogP contribution is 2.21. The molecule has 1 aliphatic heterocycles. The minimum atomic E-state index is -0.193. The van der Waals surface area contributed by atoms with E-state index in [-0.39, 0.29) is 5.60 Å². The maximum atomic E-state index is 5.54. The van der Waals surface area contributed by atoms with Crippen LogP contribution in [0.2, 0.25) is 0 Å². The Morgan fingerprint density at radius 1 is 1.47 bits per heavy atom. The van der Waals surface area contributed by atoms with E-state index in [1.807, 2.05) is 0 Å². The molecule has 5 heteroatoms. The van der Waals surface area contributed by atoms with E-state index in [1.54, 1.807) is 7.11 Å². The lowest BCUT2D eigenvalue weighted by molar-refractivity contribution is -0.0127. The molecule has 1 atom stereocenters. The SMILES string of the molecule is COC1(CNC(=S)NC2CCCC2)CCOC1. The van der Waals surface area contributed by atoms with Crippen LogP contribution >= 0.6 is 12.2 Å². The van der Waals surface area contributed by atoms with Crippen LogP contribution in [0.1, 0.15) is 32.1 Å². The van der Waals surface area contributed by atoms with Crippen molar-refractivity contribution in [1.82, 2.24) is 10.6 Å². The molecule has 1 unspecified atom stereocenters. The number of methoxy groups -OCH3 is 1. The monoisotopic (exact) mass is 258 g/mol. The van der Waals surface area contributed by atoms with Gasteiger partial charge in [0, 0.05) is 32.7 Å². The highest BCUT2D eigenvalue weighted by atomic mass is 32.1. The van der Waals surface area contributed by atoms with Crippen molar-refractivity contribution in [3.8, 4) is 0 Å². The van der Waals surface area contributed by atoms with Gasteiger partial charge in [0.1, 0.15) is 5.60 Å². The first-order chi connectivity index (χ1) is 8.24. The summed E-state index contributed by atoms with van der Waals surface area (Å²) in [6, 6.07) is 0.563. The number of hydrogen-bond donors (Lipinski definition) is 2. The van der Waals surface area contributed by atoms with Gasteiger partial charge in [-0.2, -0.15) is 0 Å². The normalized spacial score (nSPS) is 29.5. The Morgan fingerprint density at radius 2 is 2.24 bits per heavy atom. The number of hydrogen-bond acceptors (Lipinski definition) is 3. The molecule has 98 valence electrons. The lowest BCUT2D eigenvalue weighted by Gasteiger charge is -2.27. The van der Waals surface area contributed by atoms with Crippen LogP contribution < -0.4 is 10.6 Å². The topological polar surface area (TPSA) is 42.5 Å². The minimum Gasteiger partial charge on any atom is -0.378 e. The van der Waals surface area contributed by atoms with Crippen molar-refractivity contribution < 1.29 is 9.47 Å². The third kappa shape index (κ3) is 3.53. The van der Waals surface area contributed by atoms with Gasteiger partial charge >= 0.3 is 0 Å². The summed E-state index contributed by atoms with van der Waals surface area (Å²) in [5.74, 6) is 0. The van der Waals surface area contributed by atoms with Crippen LogP contribution in [0.3, 0.4) is 0 Å². The van der Waals surface area contributed by atoms with Gasteiger partial charge < -0.3 is 20.1 Å². The average Bonchev–Trinajstić information content (AvgIpc) is 2.98. The summed E-state index contributed by atoms with van der Waals surface area (Å²) in [6.07, 6.45) is 6.04. The highest BCUT2D eigenvalue weighted by Gasteiger charge is 2.35. The Hall–Kier alpha value is -0.390. The van der Waals surface area contributed by atoms with Crippen molar-refractivity contribution >= 4 is 17.3 Å². The van der Waals surface area contributed by atoms with Crippen LogP contribution in [-0.4, -0.2) is 43.6 Å². The largest absolute Gasteiger partial charge is 0.378 e. The molecule has 0 aromatic rings. The fraction of sp³-hybridized carbons (Fsp3) is 0.917. The van der Waals surface area contributed by atoms with Crippen molar-refractivity contribution in [2.75, 3.05) is 26.9 Å². The van der Waals surface area contributed by atoms with Crippen LogP contribution in [0.5, 0.6) is 0 Å². The van der Waals surface area contributed by atoms with Crippen LogP contribution in [0.25, 0.3) is 0 Å². The molecule has 1 saturated carbocycles. The molecule has 1 aliphatic carbocycles. The number of nitrogens with one attached hydrogen (secondary N) is 2. The molecule has 0 spiro atoms. The Kier molecular flexibility index (Phi) is 4.59. The average molecular weight is 258 g/mol. The van der Waals surface area contributed by atoms with Gasteiger partial charge in [-0.05, 0) is 25.1 Å². The lowest BCUT2D eigenvalue weighted by Crippen LogP contribution is -2.49. The van der Waals surface area contributed by atoms with E-state index in [1.165, 1.54) is 25.7 Å². The van der Waals surface area contributed by atoms with Crippen molar-refractivity contribution in [1.29, 1.82) is 0 Å². The molecule has 4 nitrogen and oxygen atoms in total. The fourth-order valence-corrected chi connectivity index (χ4v) is 2.75. The van der Waals surface area contributed by atoms with Crippen molar-refractivity contribution in [2.24, 2.45) is 0 Å². The summed E-state index contributed by atoms with van der Waals surface area (Å²) in [6.45, 7) is 2.16. The zero-order valence-corrected chi connectivity index (χ0v) is 11.3. The smallest absolute Gasteiger partial charge is 0.166 e. The molecule has 0 bridgehead atoms. The van der Waals surface area contributed by atoms with Gasteiger partial charge in [0.05, 0.1) is 6.61 Å². The molecule has 2 fully saturated rings. The van der Waals surface area contributed by atoms with Gasteiger partial charge in [0.2, 0.25) is 0 Å². The van der Waals surface area contributed by atoms with Crippen LogP contribution in [-0.2, 0) is 9.47 Å². The van der Waals surface area contributed by atoms with Crippen LogP contribution in [0.15, 0.2) is 0 Å². The molecular weight excluding hydrogens is 236 g/mol. The Labute approximate surface area is 108 Å². The predicted octanol–water partition coefficient (Wildman–Crippen LogP) is 1.20. The summed E-state index contributed by atoms with van der Waals surface area (Å²) in [7, 11) is 1.74. The molecule has 2 N–H and O–H groups in total. The third-order valence-corrected chi connectivity index (χ3v) is 4.02. The summed E-state index contributed by atoms with van der Waals surface area (Å²) in [5, 5.41) is 7.38. The molecule has 17 heavy (non-hydrogen) atoms. The second-order valence-electron chi connectivity index (χ2n) is 5.00. The summed E-state index contributed by atoms with van der Waals surface area (Å²) < 4.78 is 10.9. The van der Waals surface area contributed by atoms with Gasteiger partial charge in [-0.25, -0.2) is 0 Å². The molecule has 0 aromatic heterocycles. The van der Waals surface area contributed by atoms with E-state index in [9.17, 15) is 0 Å². The van der Waals surface area contributed by atoms with Crippen molar-refractivity contribution in [2.45, 2.75) is 43.7 Å². The highest BCUT2D eigenvalue weighted by molar-refractivity contribution is 7.80. The zero-order chi connectivity index (χ0) is 12.1. The van der Waals surface area contributed by atoms with E-state index in [4.69, 9.17) is 21.7 Å². The molecular formula is C12H22N2O2S. The van der Waals surface area contributed by atoms with Gasteiger partial charge in [-0.1, -0.05) is 12.8 Å². The van der Waals surface area contributed by atoms with Gasteiger partial charge in [-0.15, -0.1) is 0 Å². The van der Waals surface area contributed by atoms with Crippen LogP contribution in [0.4, 0.5) is 0 Å². The minimum absolute atomic E-state index is 0.193. The van der Waals surface area contributed by atoms with Gasteiger partial charge in [-0.3, -0.25) is 0 Å². The molecule has 0 aromatic carbocycles. The molecule has 2 aliphatic rings. The van der Waals surface area contributed by atoms with Crippen LogP contribution in [0, 0.1) is 0 Å². The van der Waals surface area contributed by atoms with Gasteiger partial charge in [0.25, 0.3) is 0 Å². The fourth-order valence-electron chi connectivity index (χ4n) is 2.51. The zero-order valence-electron chi connectivity index (χ0n) is 10.5. The summed E-state index contributed by atoms with van der Waals surface area (Å²) >= 11 is 5.30. The number of ether oxygens (including phenoxy) is 2. The molecule has 1 saturated heterocycles. The first kappa shape index (κ1) is 13.1. The van der Waals surface area contributed by atoms with Crippen molar-refractivity contribution in [3.63, 3.8) is 0 Å². The van der Waals surface area contributed by atoms with Crippen molar-refractivity contribution in [3.05, 3.63) is 0 Å². The summed E-state index contributed by atoms with van der Waals surface area (Å²) in [4.78, 5) is 0. The second kappa shape index (κ2) is 5.98. The van der Waals surface area contributed by atoms with E-state index in [2.05, 4.69) is 10.6 Å². The molecule has 1 heterocycles. The quantitative estimate of drug-likeness (QED) is 0.742. The maximum Gasteiger partial charge on any atom is 0.166 e. The first-order valence-electron chi connectivity index (χ1n) is 6.41. The molecule has 0 radical (unpaired) electrons. The van der Waals surface area contributed by atoms with Gasteiger partial charge in [0.15, 0.2) is 5.11 Å². The predicted molar refractivity (Wildman–Crippen MR) is 71.2 cm³/mol. The molecule has 2 rings (SSSR count). The van der Waals surface area contributed by atoms with E-state index >= 15 is 0 Å². The summed E-state index contributed by atoms with van der Waals surface area (Å²) in [5.41, 5.74) is -0.193. The lowest BCUT2D eigenvalue weighted by atomic mass is 10.0. The number of rotatable bonds is 4. The first-order valence-corrected chi connectivity index (χ1v) is 6.82. The number of thiocarbonyl (C=S) groups is 1. The molecule has 0 amide bonds. The van der Waals surface area contributed by atoms with E-state index in [0.29, 0.717) is 12.6 Å². The van der Waals surface area contributed by atoms with E-state index in [0.717, 1.165) is 24.7 Å². The maximum absolute atomic E-state index is 5.54.